The minimum absolute atomic E-state index is 0.349. The number of hydrogen-bond donors (Lipinski definition) is 1. The molecule has 2 nitrogen and oxygen atoms in total. The van der Waals surface area contributed by atoms with Gasteiger partial charge in [0.2, 0.25) is 0 Å². The van der Waals surface area contributed by atoms with E-state index in [1.165, 1.54) is 0 Å². The van der Waals surface area contributed by atoms with Crippen molar-refractivity contribution in [2.45, 2.75) is 39.3 Å². The van der Waals surface area contributed by atoms with E-state index in [4.69, 9.17) is 5.11 Å². The number of aliphatic carboxylic acids is 1. The predicted molar refractivity (Wildman–Crippen MR) is 65.8 cm³/mol. The molecule has 0 aliphatic heterocycles. The van der Waals surface area contributed by atoms with Crippen molar-refractivity contribution in [2.24, 2.45) is 5.92 Å². The van der Waals surface area contributed by atoms with Crippen LogP contribution in [0.15, 0.2) is 24.3 Å². The molecule has 17 heavy (non-hydrogen) atoms. The van der Waals surface area contributed by atoms with Gasteiger partial charge in [-0.05, 0) is 31.4 Å². The van der Waals surface area contributed by atoms with Crippen LogP contribution < -0.4 is 0 Å². The van der Waals surface area contributed by atoms with Crippen LogP contribution in [-0.4, -0.2) is 16.7 Å². The number of hydrogen-bond acceptors (Lipinski definition) is 1. The molecule has 1 aromatic carbocycles. The Hall–Kier alpha value is -1.38. The molecule has 0 amide bonds. The zero-order valence-electron chi connectivity index (χ0n) is 10.5. The Morgan fingerprint density at radius 2 is 2.00 bits per heavy atom. The first-order valence-electron chi connectivity index (χ1n) is 5.77. The lowest BCUT2D eigenvalue weighted by molar-refractivity contribution is -0.141. The third kappa shape index (κ3) is 4.98. The molecule has 0 aliphatic carbocycles. The van der Waals surface area contributed by atoms with Gasteiger partial charge in [0.15, 0.2) is 0 Å². The summed E-state index contributed by atoms with van der Waals surface area (Å²) in [5.41, 5.74) is 0.617. The topological polar surface area (TPSA) is 37.3 Å². The Kier molecular flexibility index (Phi) is 4.27. The summed E-state index contributed by atoms with van der Waals surface area (Å²) in [7, 11) is 0. The zero-order chi connectivity index (χ0) is 13.1. The third-order valence-electron chi connectivity index (χ3n) is 2.58. The van der Waals surface area contributed by atoms with Crippen LogP contribution in [0.5, 0.6) is 0 Å². The molecule has 1 unspecified atom stereocenters. The minimum atomic E-state index is -1.24. The van der Waals surface area contributed by atoms with Gasteiger partial charge in [-0.3, -0.25) is 4.79 Å². The second-order valence-electron chi connectivity index (χ2n) is 5.16. The van der Waals surface area contributed by atoms with E-state index in [9.17, 15) is 9.18 Å². The van der Waals surface area contributed by atoms with E-state index >= 15 is 0 Å². The standard InChI is InChI=1S/C14H19FO2/c1-10(13(16)17)7-11-5-4-6-12(8-11)9-14(2,3)15/h4-6,8,10H,7,9H2,1-3H3,(H,16,17). The van der Waals surface area contributed by atoms with Crippen LogP contribution in [0.4, 0.5) is 4.39 Å². The van der Waals surface area contributed by atoms with Crippen molar-refractivity contribution >= 4 is 5.97 Å². The van der Waals surface area contributed by atoms with E-state index in [-0.39, 0.29) is 0 Å². The van der Waals surface area contributed by atoms with E-state index in [2.05, 4.69) is 0 Å². The molecule has 0 fully saturated rings. The summed E-state index contributed by atoms with van der Waals surface area (Å²) in [5.74, 6) is -1.22. The number of carboxylic acid groups (broad SMARTS) is 1. The van der Waals surface area contributed by atoms with Crippen molar-refractivity contribution in [2.75, 3.05) is 0 Å². The van der Waals surface area contributed by atoms with Gasteiger partial charge >= 0.3 is 5.97 Å². The number of benzene rings is 1. The summed E-state index contributed by atoms with van der Waals surface area (Å²) in [6.45, 7) is 4.76. The molecule has 1 N–H and O–H groups in total. The van der Waals surface area contributed by atoms with Crippen LogP contribution in [0.2, 0.25) is 0 Å². The lowest BCUT2D eigenvalue weighted by atomic mass is 9.95. The molecular weight excluding hydrogens is 219 g/mol. The first-order valence-corrected chi connectivity index (χ1v) is 5.77. The summed E-state index contributed by atoms with van der Waals surface area (Å²) in [4.78, 5) is 10.8. The van der Waals surface area contributed by atoms with Crippen LogP contribution in [-0.2, 0) is 17.6 Å². The molecule has 1 aromatic rings. The van der Waals surface area contributed by atoms with Gasteiger partial charge in [0.1, 0.15) is 5.67 Å². The number of carboxylic acids is 1. The molecule has 0 saturated carbocycles. The fourth-order valence-corrected chi connectivity index (χ4v) is 1.79. The Bertz CT molecular complexity index is 393. The smallest absolute Gasteiger partial charge is 0.306 e. The molecule has 0 aliphatic rings. The van der Waals surface area contributed by atoms with Crippen LogP contribution >= 0.6 is 0 Å². The summed E-state index contributed by atoms with van der Waals surface area (Å²) in [6.07, 6.45) is 0.832. The number of alkyl halides is 1. The molecule has 0 bridgehead atoms. The van der Waals surface area contributed by atoms with E-state index in [0.29, 0.717) is 12.8 Å². The number of halogens is 1. The predicted octanol–water partition coefficient (Wildman–Crippen LogP) is 3.24. The molecule has 0 saturated heterocycles. The lowest BCUT2D eigenvalue weighted by Crippen LogP contribution is -2.16. The monoisotopic (exact) mass is 238 g/mol. The summed E-state index contributed by atoms with van der Waals surface area (Å²) >= 11 is 0. The van der Waals surface area contributed by atoms with Gasteiger partial charge in [-0.15, -0.1) is 0 Å². The second kappa shape index (κ2) is 5.30. The fourth-order valence-electron chi connectivity index (χ4n) is 1.79. The number of rotatable bonds is 5. The van der Waals surface area contributed by atoms with Crippen LogP contribution in [0.1, 0.15) is 31.9 Å². The highest BCUT2D eigenvalue weighted by Gasteiger charge is 2.17. The first kappa shape index (κ1) is 13.7. The van der Waals surface area contributed by atoms with E-state index in [1.807, 2.05) is 24.3 Å². The maximum atomic E-state index is 13.5. The molecule has 1 rings (SSSR count). The minimum Gasteiger partial charge on any atom is -0.481 e. The first-order chi connectivity index (χ1) is 7.78. The average molecular weight is 238 g/mol. The summed E-state index contributed by atoms with van der Waals surface area (Å²) in [5, 5.41) is 8.84. The Morgan fingerprint density at radius 3 is 2.53 bits per heavy atom. The molecule has 1 atom stereocenters. The maximum absolute atomic E-state index is 13.5. The van der Waals surface area contributed by atoms with Gasteiger partial charge < -0.3 is 5.11 Å². The normalized spacial score (nSPS) is 13.4. The van der Waals surface area contributed by atoms with Crippen molar-refractivity contribution in [3.63, 3.8) is 0 Å². The quantitative estimate of drug-likeness (QED) is 0.855. The highest BCUT2D eigenvalue weighted by molar-refractivity contribution is 5.69. The molecule has 3 heteroatoms. The maximum Gasteiger partial charge on any atom is 0.306 e. The molecular formula is C14H19FO2. The molecule has 0 radical (unpaired) electrons. The highest BCUT2D eigenvalue weighted by atomic mass is 19.1. The van der Waals surface area contributed by atoms with E-state index < -0.39 is 17.6 Å². The zero-order valence-corrected chi connectivity index (χ0v) is 10.5. The highest BCUT2D eigenvalue weighted by Crippen LogP contribution is 2.18. The van der Waals surface area contributed by atoms with Gasteiger partial charge in [0.05, 0.1) is 5.92 Å². The number of carbonyl (C=O) groups is 1. The van der Waals surface area contributed by atoms with Gasteiger partial charge in [0.25, 0.3) is 0 Å². The molecule has 94 valence electrons. The van der Waals surface area contributed by atoms with Crippen molar-refractivity contribution in [3.05, 3.63) is 35.4 Å². The largest absolute Gasteiger partial charge is 0.481 e. The van der Waals surface area contributed by atoms with Gasteiger partial charge in [0, 0.05) is 6.42 Å². The van der Waals surface area contributed by atoms with Crippen LogP contribution in [0.3, 0.4) is 0 Å². The molecule has 0 spiro atoms. The Labute approximate surface area is 101 Å². The van der Waals surface area contributed by atoms with Crippen LogP contribution in [0, 0.1) is 5.92 Å². The third-order valence-corrected chi connectivity index (χ3v) is 2.58. The van der Waals surface area contributed by atoms with E-state index in [0.717, 1.165) is 11.1 Å². The SMILES string of the molecule is CC(Cc1cccc(CC(C)(C)F)c1)C(=O)O. The lowest BCUT2D eigenvalue weighted by Gasteiger charge is -2.15. The van der Waals surface area contributed by atoms with Crippen molar-refractivity contribution < 1.29 is 14.3 Å². The summed E-state index contributed by atoms with van der Waals surface area (Å²) in [6, 6.07) is 7.50. The van der Waals surface area contributed by atoms with Crippen molar-refractivity contribution in [3.8, 4) is 0 Å². The fraction of sp³-hybridized carbons (Fsp3) is 0.500. The summed E-state index contributed by atoms with van der Waals surface area (Å²) < 4.78 is 13.5. The second-order valence-corrected chi connectivity index (χ2v) is 5.16. The Balaban J connectivity index is 2.76. The van der Waals surface area contributed by atoms with Gasteiger partial charge in [-0.25, -0.2) is 4.39 Å². The van der Waals surface area contributed by atoms with Crippen molar-refractivity contribution in [1.29, 1.82) is 0 Å². The van der Waals surface area contributed by atoms with E-state index in [1.54, 1.807) is 20.8 Å². The van der Waals surface area contributed by atoms with Crippen molar-refractivity contribution in [1.82, 2.24) is 0 Å². The Morgan fingerprint density at radius 1 is 1.41 bits per heavy atom. The molecule has 0 heterocycles. The van der Waals surface area contributed by atoms with Gasteiger partial charge in [-0.2, -0.15) is 0 Å². The van der Waals surface area contributed by atoms with Gasteiger partial charge in [-0.1, -0.05) is 31.2 Å². The average Bonchev–Trinajstić information content (AvgIpc) is 2.15. The molecule has 0 aromatic heterocycles. The van der Waals surface area contributed by atoms with Crippen LogP contribution in [0.25, 0.3) is 0 Å².